The first kappa shape index (κ1) is 10.8. The number of benzene rings is 1. The number of ketones is 1. The summed E-state index contributed by atoms with van der Waals surface area (Å²) < 4.78 is 17.8. The summed E-state index contributed by atoms with van der Waals surface area (Å²) in [5.74, 6) is -2.82. The number of hydrogen-bond acceptors (Lipinski definition) is 3. The lowest BCUT2D eigenvalue weighted by Gasteiger charge is -2.00. The van der Waals surface area contributed by atoms with E-state index >= 15 is 0 Å². The first-order valence-electron chi connectivity index (χ1n) is 3.64. The molecule has 14 heavy (non-hydrogen) atoms. The maximum atomic E-state index is 13.1. The van der Waals surface area contributed by atoms with Crippen LogP contribution in [0.1, 0.15) is 10.4 Å². The number of Topliss-reactive ketones (excluding diaryl/α,β-unsaturated/α-hetero) is 1. The molecule has 1 aromatic rings. The Hall–Kier alpha value is -1.23. The smallest absolute Gasteiger partial charge is 0.379 e. The lowest BCUT2D eigenvalue weighted by molar-refractivity contribution is -0.135. The summed E-state index contributed by atoms with van der Waals surface area (Å²) in [4.78, 5) is 22.0. The number of esters is 1. The van der Waals surface area contributed by atoms with Gasteiger partial charge in [0.05, 0.1) is 12.7 Å². The molecular formula is C9H6BrFO3. The number of halogens is 2. The van der Waals surface area contributed by atoms with E-state index in [0.29, 0.717) is 4.47 Å². The third-order valence-corrected chi connectivity index (χ3v) is 2.04. The van der Waals surface area contributed by atoms with E-state index in [1.54, 1.807) is 0 Å². The molecule has 3 nitrogen and oxygen atoms in total. The zero-order valence-electron chi connectivity index (χ0n) is 7.21. The van der Waals surface area contributed by atoms with Gasteiger partial charge in [0.15, 0.2) is 0 Å². The molecule has 0 heterocycles. The molecular weight excluding hydrogens is 255 g/mol. The number of carbonyl (C=O) groups is 2. The number of carbonyl (C=O) groups excluding carboxylic acids is 2. The van der Waals surface area contributed by atoms with Gasteiger partial charge in [-0.15, -0.1) is 0 Å². The Morgan fingerprint density at radius 2 is 2.07 bits per heavy atom. The van der Waals surface area contributed by atoms with Gasteiger partial charge in [-0.2, -0.15) is 0 Å². The molecule has 0 aromatic heterocycles. The van der Waals surface area contributed by atoms with Crippen LogP contribution in [0.3, 0.4) is 0 Å². The molecule has 0 saturated carbocycles. The molecule has 0 unspecified atom stereocenters. The number of rotatable bonds is 2. The minimum Gasteiger partial charge on any atom is -0.463 e. The van der Waals surface area contributed by atoms with Crippen molar-refractivity contribution >= 4 is 27.7 Å². The predicted molar refractivity (Wildman–Crippen MR) is 50.4 cm³/mol. The van der Waals surface area contributed by atoms with Gasteiger partial charge < -0.3 is 4.74 Å². The molecule has 0 spiro atoms. The van der Waals surface area contributed by atoms with E-state index in [1.807, 2.05) is 0 Å². The minimum absolute atomic E-state index is 0.292. The van der Waals surface area contributed by atoms with E-state index in [1.165, 1.54) is 12.1 Å². The standard InChI is InChI=1S/C9H6BrFO3/c1-14-9(13)8(12)6-3-2-5(10)4-7(6)11/h2-4H,1H3. The van der Waals surface area contributed by atoms with E-state index in [2.05, 4.69) is 20.7 Å². The molecule has 0 aliphatic rings. The molecule has 0 saturated heterocycles. The van der Waals surface area contributed by atoms with Gasteiger partial charge in [0.1, 0.15) is 5.82 Å². The van der Waals surface area contributed by atoms with Crippen LogP contribution in [0.2, 0.25) is 0 Å². The summed E-state index contributed by atoms with van der Waals surface area (Å²) in [6, 6.07) is 3.80. The second kappa shape index (κ2) is 4.32. The highest BCUT2D eigenvalue weighted by atomic mass is 79.9. The SMILES string of the molecule is COC(=O)C(=O)c1ccc(Br)cc1F. The van der Waals surface area contributed by atoms with E-state index < -0.39 is 17.6 Å². The second-order valence-corrected chi connectivity index (χ2v) is 3.36. The molecule has 0 aliphatic carbocycles. The third kappa shape index (κ3) is 2.17. The largest absolute Gasteiger partial charge is 0.463 e. The Labute approximate surface area is 88.0 Å². The predicted octanol–water partition coefficient (Wildman–Crippen LogP) is 1.94. The number of methoxy groups -OCH3 is 1. The van der Waals surface area contributed by atoms with E-state index in [-0.39, 0.29) is 5.56 Å². The van der Waals surface area contributed by atoms with Crippen molar-refractivity contribution in [1.29, 1.82) is 0 Å². The van der Waals surface area contributed by atoms with Gasteiger partial charge in [0, 0.05) is 4.47 Å². The summed E-state index contributed by atoms with van der Waals surface area (Å²) >= 11 is 3.03. The molecule has 0 N–H and O–H groups in total. The molecule has 1 rings (SSSR count). The summed E-state index contributed by atoms with van der Waals surface area (Å²) in [5, 5.41) is 0. The second-order valence-electron chi connectivity index (χ2n) is 2.44. The monoisotopic (exact) mass is 260 g/mol. The average Bonchev–Trinajstić information content (AvgIpc) is 2.15. The highest BCUT2D eigenvalue weighted by molar-refractivity contribution is 9.10. The van der Waals surface area contributed by atoms with Crippen molar-refractivity contribution in [2.24, 2.45) is 0 Å². The van der Waals surface area contributed by atoms with Crippen molar-refractivity contribution in [3.05, 3.63) is 34.1 Å². The fraction of sp³-hybridized carbons (Fsp3) is 0.111. The van der Waals surface area contributed by atoms with Crippen LogP contribution >= 0.6 is 15.9 Å². The summed E-state index contributed by atoms with van der Waals surface area (Å²) in [5.41, 5.74) is -0.292. The highest BCUT2D eigenvalue weighted by Gasteiger charge is 2.20. The van der Waals surface area contributed by atoms with Crippen molar-refractivity contribution in [3.8, 4) is 0 Å². The minimum atomic E-state index is -1.08. The Morgan fingerprint density at radius 1 is 1.43 bits per heavy atom. The number of hydrogen-bond donors (Lipinski definition) is 0. The summed E-state index contributed by atoms with van der Waals surface area (Å²) in [7, 11) is 1.07. The van der Waals surface area contributed by atoms with Gasteiger partial charge >= 0.3 is 5.97 Å². The summed E-state index contributed by atoms with van der Waals surface area (Å²) in [6.07, 6.45) is 0. The van der Waals surface area contributed by atoms with E-state index in [0.717, 1.165) is 13.2 Å². The summed E-state index contributed by atoms with van der Waals surface area (Å²) in [6.45, 7) is 0. The molecule has 0 fully saturated rings. The fourth-order valence-corrected chi connectivity index (χ4v) is 1.21. The van der Waals surface area contributed by atoms with E-state index in [4.69, 9.17) is 0 Å². The average molecular weight is 261 g/mol. The van der Waals surface area contributed by atoms with Crippen molar-refractivity contribution in [2.75, 3.05) is 7.11 Å². The quantitative estimate of drug-likeness (QED) is 0.464. The maximum absolute atomic E-state index is 13.1. The zero-order chi connectivity index (χ0) is 10.7. The Morgan fingerprint density at radius 3 is 2.57 bits per heavy atom. The third-order valence-electron chi connectivity index (χ3n) is 1.55. The van der Waals surface area contributed by atoms with E-state index in [9.17, 15) is 14.0 Å². The van der Waals surface area contributed by atoms with Crippen LogP contribution in [0.5, 0.6) is 0 Å². The lowest BCUT2D eigenvalue weighted by Crippen LogP contribution is -2.16. The first-order valence-corrected chi connectivity index (χ1v) is 4.43. The molecule has 1 aromatic carbocycles. The van der Waals surface area contributed by atoms with Gasteiger partial charge in [-0.25, -0.2) is 9.18 Å². The van der Waals surface area contributed by atoms with Crippen LogP contribution < -0.4 is 0 Å². The van der Waals surface area contributed by atoms with Crippen LogP contribution in [-0.2, 0) is 9.53 Å². The normalized spacial score (nSPS) is 9.64. The fourth-order valence-electron chi connectivity index (χ4n) is 0.876. The van der Waals surface area contributed by atoms with Crippen LogP contribution in [0.15, 0.2) is 22.7 Å². The highest BCUT2D eigenvalue weighted by Crippen LogP contribution is 2.15. The van der Waals surface area contributed by atoms with Crippen LogP contribution in [0.25, 0.3) is 0 Å². The van der Waals surface area contributed by atoms with Crippen LogP contribution in [0, 0.1) is 5.82 Å². The Kier molecular flexibility index (Phi) is 3.35. The molecule has 0 amide bonds. The van der Waals surface area contributed by atoms with Crippen molar-refractivity contribution in [3.63, 3.8) is 0 Å². The van der Waals surface area contributed by atoms with Gasteiger partial charge in [0.2, 0.25) is 0 Å². The van der Waals surface area contributed by atoms with Crippen LogP contribution in [-0.4, -0.2) is 18.9 Å². The van der Waals surface area contributed by atoms with Crippen molar-refractivity contribution in [2.45, 2.75) is 0 Å². The van der Waals surface area contributed by atoms with Gasteiger partial charge in [-0.1, -0.05) is 15.9 Å². The van der Waals surface area contributed by atoms with Gasteiger partial charge in [-0.05, 0) is 18.2 Å². The van der Waals surface area contributed by atoms with Gasteiger partial charge in [0.25, 0.3) is 5.78 Å². The maximum Gasteiger partial charge on any atom is 0.379 e. The first-order chi connectivity index (χ1) is 6.56. The number of ether oxygens (including phenoxy) is 1. The molecule has 0 atom stereocenters. The zero-order valence-corrected chi connectivity index (χ0v) is 8.80. The molecule has 5 heteroatoms. The van der Waals surface area contributed by atoms with Crippen molar-refractivity contribution in [1.82, 2.24) is 0 Å². The molecule has 0 aliphatic heterocycles. The molecule has 0 radical (unpaired) electrons. The van der Waals surface area contributed by atoms with Gasteiger partial charge in [-0.3, -0.25) is 4.79 Å². The van der Waals surface area contributed by atoms with Crippen LogP contribution in [0.4, 0.5) is 4.39 Å². The Balaban J connectivity index is 3.08. The lowest BCUT2D eigenvalue weighted by atomic mass is 10.1. The molecule has 0 bridgehead atoms. The Bertz CT molecular complexity index is 390. The molecule has 74 valence electrons. The topological polar surface area (TPSA) is 43.4 Å². The van der Waals surface area contributed by atoms with Crippen molar-refractivity contribution < 1.29 is 18.7 Å².